The van der Waals surface area contributed by atoms with E-state index in [1.807, 2.05) is 0 Å². The van der Waals surface area contributed by atoms with Crippen molar-refractivity contribution in [2.24, 2.45) is 5.41 Å². The average molecular weight is 541 g/mol. The molecule has 3 N–H and O–H groups in total. The number of H-pyrrole nitrogens is 1. The molecule has 12 nitrogen and oxygen atoms in total. The molecule has 4 amide bonds. The SMILES string of the molecule is CC(C)(C)C(=O)C(C(=O)Nc1cc(NC(=O)c2ccc3n[nH]nc3c2)ccc1Cl)N1C(=O)OC(C)(C)C1=O. The summed E-state index contributed by atoms with van der Waals surface area (Å²) in [6.07, 6.45) is -1.10. The van der Waals surface area contributed by atoms with E-state index in [2.05, 4.69) is 26.0 Å². The van der Waals surface area contributed by atoms with E-state index < -0.39 is 46.7 Å². The fourth-order valence-corrected chi connectivity index (χ4v) is 3.92. The standard InChI is InChI=1S/C25H25ClN6O6/c1-24(2,3)19(33)18(32-22(36)25(4,5)38-23(32)37)21(35)28-16-11-13(7-8-14(16)26)27-20(34)12-6-9-15-17(10-12)30-31-29-15/h6-11,18H,1-5H3,(H,27,34)(H,28,35)(H,29,30,31). The second-order valence-electron chi connectivity index (χ2n) is 10.2. The topological polar surface area (TPSA) is 163 Å². The summed E-state index contributed by atoms with van der Waals surface area (Å²) in [5.74, 6) is -2.92. The van der Waals surface area contributed by atoms with E-state index in [0.717, 1.165) is 0 Å². The van der Waals surface area contributed by atoms with Crippen LogP contribution >= 0.6 is 11.6 Å². The first-order valence-electron chi connectivity index (χ1n) is 11.5. The molecule has 1 atom stereocenters. The van der Waals surface area contributed by atoms with E-state index >= 15 is 0 Å². The Kier molecular flexibility index (Phi) is 6.70. The van der Waals surface area contributed by atoms with Crippen LogP contribution in [0.4, 0.5) is 16.2 Å². The van der Waals surface area contributed by atoms with Gasteiger partial charge in [0, 0.05) is 16.7 Å². The van der Waals surface area contributed by atoms with Gasteiger partial charge >= 0.3 is 6.09 Å². The number of fused-ring (bicyclic) bond motifs is 1. The third kappa shape index (κ3) is 5.07. The monoisotopic (exact) mass is 540 g/mol. The Morgan fingerprint density at radius 1 is 1.03 bits per heavy atom. The number of imide groups is 1. The van der Waals surface area contributed by atoms with E-state index in [1.165, 1.54) is 32.0 Å². The number of benzene rings is 2. The van der Waals surface area contributed by atoms with E-state index in [4.69, 9.17) is 16.3 Å². The molecule has 0 saturated carbocycles. The Morgan fingerprint density at radius 3 is 2.34 bits per heavy atom. The van der Waals surface area contributed by atoms with Crippen molar-refractivity contribution in [2.75, 3.05) is 10.6 Å². The van der Waals surface area contributed by atoms with Crippen LogP contribution in [0.3, 0.4) is 0 Å². The molecule has 38 heavy (non-hydrogen) atoms. The number of rotatable bonds is 6. The number of halogens is 1. The van der Waals surface area contributed by atoms with Crippen LogP contribution in [0.2, 0.25) is 5.02 Å². The summed E-state index contributed by atoms with van der Waals surface area (Å²) >= 11 is 6.28. The summed E-state index contributed by atoms with van der Waals surface area (Å²) in [7, 11) is 0. The number of aromatic amines is 1. The number of hydrogen-bond donors (Lipinski definition) is 3. The lowest BCUT2D eigenvalue weighted by Gasteiger charge is -2.28. The molecule has 0 spiro atoms. The number of ether oxygens (including phenoxy) is 1. The molecule has 1 aliphatic rings. The lowest BCUT2D eigenvalue weighted by atomic mass is 9.85. The number of hydrogen-bond acceptors (Lipinski definition) is 8. The lowest BCUT2D eigenvalue weighted by Crippen LogP contribution is -2.55. The maximum absolute atomic E-state index is 13.4. The van der Waals surface area contributed by atoms with Gasteiger partial charge in [-0.25, -0.2) is 9.69 Å². The molecule has 1 saturated heterocycles. The maximum Gasteiger partial charge on any atom is 0.418 e. The lowest BCUT2D eigenvalue weighted by molar-refractivity contribution is -0.145. The molecule has 1 fully saturated rings. The van der Waals surface area contributed by atoms with Gasteiger partial charge in [0.1, 0.15) is 11.0 Å². The number of nitrogens with zero attached hydrogens (tertiary/aromatic N) is 3. The number of cyclic esters (lactones) is 1. The second-order valence-corrected chi connectivity index (χ2v) is 10.6. The number of aromatic nitrogens is 3. The third-order valence-electron chi connectivity index (χ3n) is 5.83. The van der Waals surface area contributed by atoms with Gasteiger partial charge in [-0.05, 0) is 50.2 Å². The third-order valence-corrected chi connectivity index (χ3v) is 6.16. The van der Waals surface area contributed by atoms with Gasteiger partial charge in [0.25, 0.3) is 17.7 Å². The van der Waals surface area contributed by atoms with E-state index in [1.54, 1.807) is 39.0 Å². The molecule has 0 bridgehead atoms. The molecule has 0 aliphatic carbocycles. The minimum atomic E-state index is -1.81. The first kappa shape index (κ1) is 26.7. The summed E-state index contributed by atoms with van der Waals surface area (Å²) in [4.78, 5) is 65.4. The zero-order valence-electron chi connectivity index (χ0n) is 21.2. The maximum atomic E-state index is 13.4. The number of Topliss-reactive ketones (excluding diaryl/α,β-unsaturated/α-hetero) is 1. The van der Waals surface area contributed by atoms with Gasteiger partial charge in [-0.3, -0.25) is 19.2 Å². The molecule has 1 unspecified atom stereocenters. The van der Waals surface area contributed by atoms with Gasteiger partial charge in [-0.2, -0.15) is 15.4 Å². The number of anilines is 2. The predicted molar refractivity (Wildman–Crippen MR) is 138 cm³/mol. The number of carbonyl (C=O) groups excluding carboxylic acids is 5. The van der Waals surface area contributed by atoms with Crippen molar-refractivity contribution >= 4 is 63.6 Å². The van der Waals surface area contributed by atoms with Crippen LogP contribution in [0.25, 0.3) is 11.0 Å². The van der Waals surface area contributed by atoms with E-state index in [0.29, 0.717) is 21.5 Å². The first-order chi connectivity index (χ1) is 17.7. The summed E-state index contributed by atoms with van der Waals surface area (Å²) < 4.78 is 5.09. The normalized spacial score (nSPS) is 15.8. The molecular formula is C25H25ClN6O6. The highest BCUT2D eigenvalue weighted by molar-refractivity contribution is 6.34. The Morgan fingerprint density at radius 2 is 1.71 bits per heavy atom. The van der Waals surface area contributed by atoms with E-state index in [-0.39, 0.29) is 16.4 Å². The highest BCUT2D eigenvalue weighted by atomic mass is 35.5. The van der Waals surface area contributed by atoms with Crippen LogP contribution in [-0.4, -0.2) is 61.6 Å². The van der Waals surface area contributed by atoms with Crippen LogP contribution in [0.15, 0.2) is 36.4 Å². The van der Waals surface area contributed by atoms with Crippen molar-refractivity contribution in [1.82, 2.24) is 20.3 Å². The highest BCUT2D eigenvalue weighted by Crippen LogP contribution is 2.31. The quantitative estimate of drug-likeness (QED) is 0.399. The fraction of sp³-hybridized carbons (Fsp3) is 0.320. The van der Waals surface area contributed by atoms with Crippen LogP contribution in [0.1, 0.15) is 45.0 Å². The van der Waals surface area contributed by atoms with Crippen LogP contribution in [0.5, 0.6) is 0 Å². The zero-order chi connectivity index (χ0) is 28.0. The average Bonchev–Trinajstić information content (AvgIpc) is 3.37. The smallest absolute Gasteiger partial charge is 0.418 e. The minimum Gasteiger partial charge on any atom is -0.433 e. The highest BCUT2D eigenvalue weighted by Gasteiger charge is 2.55. The second kappa shape index (κ2) is 9.53. The largest absolute Gasteiger partial charge is 0.433 e. The summed E-state index contributed by atoms with van der Waals surface area (Å²) in [5, 5.41) is 15.7. The zero-order valence-corrected chi connectivity index (χ0v) is 22.0. The molecule has 4 rings (SSSR count). The number of nitrogens with one attached hydrogen (secondary N) is 3. The molecule has 13 heteroatoms. The van der Waals surface area contributed by atoms with Crippen molar-refractivity contribution in [3.63, 3.8) is 0 Å². The molecule has 2 aromatic carbocycles. The van der Waals surface area contributed by atoms with Gasteiger partial charge in [-0.1, -0.05) is 32.4 Å². The molecule has 3 aromatic rings. The molecule has 1 aliphatic heterocycles. The van der Waals surface area contributed by atoms with Gasteiger partial charge in [0.05, 0.1) is 10.7 Å². The Hall–Kier alpha value is -4.32. The van der Waals surface area contributed by atoms with Crippen molar-refractivity contribution in [1.29, 1.82) is 0 Å². The van der Waals surface area contributed by atoms with E-state index in [9.17, 15) is 24.0 Å². The van der Waals surface area contributed by atoms with Crippen LogP contribution < -0.4 is 10.6 Å². The van der Waals surface area contributed by atoms with Crippen LogP contribution in [0, 0.1) is 5.41 Å². The number of carbonyl (C=O) groups is 5. The first-order valence-corrected chi connectivity index (χ1v) is 11.9. The molecule has 1 aromatic heterocycles. The molecule has 198 valence electrons. The van der Waals surface area contributed by atoms with Crippen molar-refractivity contribution in [3.05, 3.63) is 47.0 Å². The van der Waals surface area contributed by atoms with Gasteiger partial charge < -0.3 is 15.4 Å². The summed E-state index contributed by atoms with van der Waals surface area (Å²) in [5.41, 5.74) is -0.865. The Balaban J connectivity index is 1.60. The minimum absolute atomic E-state index is 0.0485. The van der Waals surface area contributed by atoms with Gasteiger partial charge in [0.15, 0.2) is 17.4 Å². The number of ketones is 1. The van der Waals surface area contributed by atoms with Crippen molar-refractivity contribution in [2.45, 2.75) is 46.3 Å². The predicted octanol–water partition coefficient (Wildman–Crippen LogP) is 3.54. The molecule has 2 heterocycles. The molecular weight excluding hydrogens is 516 g/mol. The Labute approximate surface area is 222 Å². The van der Waals surface area contributed by atoms with Crippen molar-refractivity contribution in [3.8, 4) is 0 Å². The summed E-state index contributed by atoms with van der Waals surface area (Å²) in [6, 6.07) is 7.32. The van der Waals surface area contributed by atoms with Gasteiger partial charge in [-0.15, -0.1) is 0 Å². The summed E-state index contributed by atoms with van der Waals surface area (Å²) in [6.45, 7) is 7.42. The number of amides is 4. The molecule has 0 radical (unpaired) electrons. The van der Waals surface area contributed by atoms with Gasteiger partial charge in [0.2, 0.25) is 0 Å². The van der Waals surface area contributed by atoms with Crippen LogP contribution in [-0.2, 0) is 19.1 Å². The van der Waals surface area contributed by atoms with Crippen molar-refractivity contribution < 1.29 is 28.7 Å². The Bertz CT molecular complexity index is 1490. The fourth-order valence-electron chi connectivity index (χ4n) is 3.76.